The monoisotopic (exact) mass is 399 g/mol. The average Bonchev–Trinajstić information content (AvgIpc) is 3.40. The fourth-order valence-corrected chi connectivity index (χ4v) is 6.14. The molecule has 4 aliphatic rings. The minimum absolute atomic E-state index is 0.0919. The lowest BCUT2D eigenvalue weighted by atomic mass is 9.92. The number of hydrazine groups is 1. The fourth-order valence-electron chi connectivity index (χ4n) is 4.87. The standard InChI is InChI=1S/C19H33N3O4S/c1-12-19(13(2)21-20-12)22(9-15-4-3-7-27-15)18(23)10-24-14-5-6-16-17(8-14)26-11-25-16/h12-17,19-21H,3-11H2,1-2H3. The first kappa shape index (κ1) is 19.9. The van der Waals surface area contributed by atoms with Crippen LogP contribution in [0.25, 0.3) is 0 Å². The fraction of sp³-hybridized carbons (Fsp3) is 0.947. The van der Waals surface area contributed by atoms with E-state index in [1.54, 1.807) is 0 Å². The van der Waals surface area contributed by atoms with E-state index < -0.39 is 0 Å². The molecule has 27 heavy (non-hydrogen) atoms. The number of ether oxygens (including phenoxy) is 3. The van der Waals surface area contributed by atoms with Crippen LogP contribution in [-0.4, -0.2) is 78.2 Å². The van der Waals surface area contributed by atoms with Crippen molar-refractivity contribution in [3.63, 3.8) is 0 Å². The summed E-state index contributed by atoms with van der Waals surface area (Å²) in [6, 6.07) is 0.620. The molecule has 2 N–H and O–H groups in total. The lowest BCUT2D eigenvalue weighted by molar-refractivity contribution is -0.142. The van der Waals surface area contributed by atoms with Crippen LogP contribution in [0.1, 0.15) is 46.0 Å². The highest BCUT2D eigenvalue weighted by Gasteiger charge is 2.40. The van der Waals surface area contributed by atoms with Crippen LogP contribution in [-0.2, 0) is 19.0 Å². The number of fused-ring (bicyclic) bond motifs is 1. The number of carbonyl (C=O) groups is 1. The maximum Gasteiger partial charge on any atom is 0.248 e. The van der Waals surface area contributed by atoms with Gasteiger partial charge in [0.05, 0.1) is 24.4 Å². The highest BCUT2D eigenvalue weighted by Crippen LogP contribution is 2.31. The smallest absolute Gasteiger partial charge is 0.248 e. The summed E-state index contributed by atoms with van der Waals surface area (Å²) in [4.78, 5) is 15.2. The third kappa shape index (κ3) is 4.62. The Morgan fingerprint density at radius 1 is 1.15 bits per heavy atom. The summed E-state index contributed by atoms with van der Waals surface area (Å²) in [5.74, 6) is 1.32. The number of amides is 1. The van der Waals surface area contributed by atoms with Crippen molar-refractivity contribution in [3.05, 3.63) is 0 Å². The number of thioether (sulfide) groups is 1. The van der Waals surface area contributed by atoms with E-state index in [9.17, 15) is 4.79 Å². The Kier molecular flexibility index (Phi) is 6.61. The summed E-state index contributed by atoms with van der Waals surface area (Å²) in [5, 5.41) is 0.549. The molecule has 1 amide bonds. The molecule has 154 valence electrons. The molecule has 0 aromatic rings. The Morgan fingerprint density at radius 3 is 2.67 bits per heavy atom. The van der Waals surface area contributed by atoms with Gasteiger partial charge in [-0.05, 0) is 45.3 Å². The third-order valence-electron chi connectivity index (χ3n) is 6.36. The summed E-state index contributed by atoms with van der Waals surface area (Å²) in [7, 11) is 0. The van der Waals surface area contributed by atoms with Crippen molar-refractivity contribution in [1.29, 1.82) is 0 Å². The number of nitrogens with one attached hydrogen (secondary N) is 2. The lowest BCUT2D eigenvalue weighted by Gasteiger charge is -2.36. The second-order valence-electron chi connectivity index (χ2n) is 8.31. The first-order valence-corrected chi connectivity index (χ1v) is 11.4. The SMILES string of the molecule is CC1NNC(C)C1N(CC1CCCS1)C(=O)COC1CCC2OCOC2C1. The highest BCUT2D eigenvalue weighted by molar-refractivity contribution is 8.00. The Labute approximate surface area is 166 Å². The molecule has 8 heteroatoms. The minimum atomic E-state index is 0.0919. The van der Waals surface area contributed by atoms with Crippen LogP contribution >= 0.6 is 11.8 Å². The van der Waals surface area contributed by atoms with E-state index in [0.717, 1.165) is 25.8 Å². The Bertz CT molecular complexity index is 509. The largest absolute Gasteiger partial charge is 0.368 e. The van der Waals surface area contributed by atoms with Gasteiger partial charge in [-0.3, -0.25) is 15.6 Å². The van der Waals surface area contributed by atoms with Crippen molar-refractivity contribution < 1.29 is 19.0 Å². The number of rotatable bonds is 6. The van der Waals surface area contributed by atoms with Crippen LogP contribution in [0.4, 0.5) is 0 Å². The Hall–Kier alpha value is -0.380. The van der Waals surface area contributed by atoms with Crippen LogP contribution in [0.15, 0.2) is 0 Å². The Morgan fingerprint density at radius 2 is 1.93 bits per heavy atom. The summed E-state index contributed by atoms with van der Waals surface area (Å²) < 4.78 is 17.2. The molecule has 1 aliphatic carbocycles. The van der Waals surface area contributed by atoms with Crippen LogP contribution in [0.2, 0.25) is 0 Å². The molecule has 0 aromatic carbocycles. The molecule has 0 bridgehead atoms. The van der Waals surface area contributed by atoms with Gasteiger partial charge in [0.2, 0.25) is 5.91 Å². The molecule has 6 atom stereocenters. The highest BCUT2D eigenvalue weighted by atomic mass is 32.2. The zero-order valence-corrected chi connectivity index (χ0v) is 17.2. The summed E-state index contributed by atoms with van der Waals surface area (Å²) in [6.45, 7) is 5.66. The molecule has 0 aromatic heterocycles. The van der Waals surface area contributed by atoms with Gasteiger partial charge in [0.1, 0.15) is 13.4 Å². The zero-order valence-electron chi connectivity index (χ0n) is 16.4. The van der Waals surface area contributed by atoms with Gasteiger partial charge in [0.15, 0.2) is 0 Å². The number of hydrogen-bond donors (Lipinski definition) is 2. The van der Waals surface area contributed by atoms with E-state index in [4.69, 9.17) is 14.2 Å². The van der Waals surface area contributed by atoms with E-state index in [1.165, 1.54) is 18.6 Å². The molecule has 7 nitrogen and oxygen atoms in total. The lowest BCUT2D eigenvalue weighted by Crippen LogP contribution is -2.53. The molecule has 3 heterocycles. The second kappa shape index (κ2) is 8.97. The topological polar surface area (TPSA) is 72.1 Å². The van der Waals surface area contributed by atoms with E-state index in [-0.39, 0.29) is 49.0 Å². The van der Waals surface area contributed by atoms with Gasteiger partial charge in [0.25, 0.3) is 0 Å². The summed E-state index contributed by atoms with van der Waals surface area (Å²) >= 11 is 2.00. The molecule has 4 fully saturated rings. The first-order chi connectivity index (χ1) is 13.1. The molecule has 0 radical (unpaired) electrons. The van der Waals surface area contributed by atoms with Crippen molar-refractivity contribution in [1.82, 2.24) is 15.8 Å². The second-order valence-corrected chi connectivity index (χ2v) is 9.72. The van der Waals surface area contributed by atoms with Gasteiger partial charge in [-0.2, -0.15) is 11.8 Å². The van der Waals surface area contributed by atoms with Crippen molar-refractivity contribution >= 4 is 17.7 Å². The predicted molar refractivity (Wildman–Crippen MR) is 104 cm³/mol. The van der Waals surface area contributed by atoms with Crippen molar-refractivity contribution in [2.75, 3.05) is 25.7 Å². The molecule has 4 rings (SSSR count). The Balaban J connectivity index is 1.34. The molecule has 3 aliphatic heterocycles. The maximum absolute atomic E-state index is 13.2. The van der Waals surface area contributed by atoms with Crippen molar-refractivity contribution in [2.45, 2.75) is 87.6 Å². The third-order valence-corrected chi connectivity index (χ3v) is 7.74. The van der Waals surface area contributed by atoms with Crippen LogP contribution < -0.4 is 10.9 Å². The minimum Gasteiger partial charge on any atom is -0.368 e. The molecular formula is C19H33N3O4S. The van der Waals surface area contributed by atoms with E-state index >= 15 is 0 Å². The first-order valence-electron chi connectivity index (χ1n) is 10.4. The van der Waals surface area contributed by atoms with Gasteiger partial charge >= 0.3 is 0 Å². The zero-order chi connectivity index (χ0) is 18.8. The van der Waals surface area contributed by atoms with E-state index in [0.29, 0.717) is 12.0 Å². The van der Waals surface area contributed by atoms with E-state index in [1.807, 2.05) is 11.8 Å². The molecular weight excluding hydrogens is 366 g/mol. The van der Waals surface area contributed by atoms with Gasteiger partial charge in [-0.15, -0.1) is 0 Å². The number of nitrogens with zero attached hydrogens (tertiary/aromatic N) is 1. The van der Waals surface area contributed by atoms with E-state index in [2.05, 4.69) is 29.6 Å². The van der Waals surface area contributed by atoms with Crippen LogP contribution in [0, 0.1) is 0 Å². The maximum atomic E-state index is 13.2. The normalized spacial score (nSPS) is 41.6. The summed E-state index contributed by atoms with van der Waals surface area (Å²) in [6.07, 6.45) is 5.62. The number of carbonyl (C=O) groups excluding carboxylic acids is 1. The number of hydrogen-bond acceptors (Lipinski definition) is 7. The van der Waals surface area contributed by atoms with Gasteiger partial charge in [-0.1, -0.05) is 0 Å². The van der Waals surface area contributed by atoms with Gasteiger partial charge in [-0.25, -0.2) is 0 Å². The van der Waals surface area contributed by atoms with Gasteiger partial charge in [0, 0.05) is 30.3 Å². The predicted octanol–water partition coefficient (Wildman–Crippen LogP) is 1.27. The molecule has 0 spiro atoms. The van der Waals surface area contributed by atoms with Crippen molar-refractivity contribution in [3.8, 4) is 0 Å². The van der Waals surface area contributed by atoms with Gasteiger partial charge < -0.3 is 19.1 Å². The van der Waals surface area contributed by atoms with Crippen LogP contribution in [0.3, 0.4) is 0 Å². The molecule has 1 saturated carbocycles. The van der Waals surface area contributed by atoms with Crippen molar-refractivity contribution in [2.24, 2.45) is 0 Å². The molecule has 3 saturated heterocycles. The van der Waals surface area contributed by atoms with Crippen LogP contribution in [0.5, 0.6) is 0 Å². The summed E-state index contributed by atoms with van der Waals surface area (Å²) in [5.41, 5.74) is 6.58. The quantitative estimate of drug-likeness (QED) is 0.697. The molecule has 6 unspecified atom stereocenters. The average molecular weight is 400 g/mol.